The van der Waals surface area contributed by atoms with E-state index in [0.717, 1.165) is 37.2 Å². The lowest BCUT2D eigenvalue weighted by Crippen LogP contribution is -2.22. The number of amides is 1. The summed E-state index contributed by atoms with van der Waals surface area (Å²) in [6.07, 6.45) is 2.35. The molecule has 0 aliphatic rings. The van der Waals surface area contributed by atoms with Crippen LogP contribution in [-0.4, -0.2) is 19.0 Å². The van der Waals surface area contributed by atoms with Crippen LogP contribution in [0.1, 0.15) is 37.8 Å². The third kappa shape index (κ3) is 5.12. The number of benzene rings is 2. The molecule has 0 atom stereocenters. The first-order valence-electron chi connectivity index (χ1n) is 8.83. The van der Waals surface area contributed by atoms with E-state index in [2.05, 4.69) is 48.3 Å². The highest BCUT2D eigenvalue weighted by atomic mass is 16.1. The SMILES string of the molecule is CCN(CC)c1ccc(NC(=O)CCCc2ccccc2)c(C)c1. The molecule has 24 heavy (non-hydrogen) atoms. The number of anilines is 2. The van der Waals surface area contributed by atoms with Crippen molar-refractivity contribution in [2.24, 2.45) is 0 Å². The number of carbonyl (C=O) groups excluding carboxylic acids is 1. The van der Waals surface area contributed by atoms with Gasteiger partial charge in [-0.15, -0.1) is 0 Å². The molecular formula is C21H28N2O. The van der Waals surface area contributed by atoms with Gasteiger partial charge in [0.1, 0.15) is 0 Å². The standard InChI is InChI=1S/C21H28N2O/c1-4-23(5-2)19-14-15-20(17(3)16-19)22-21(24)13-9-12-18-10-7-6-8-11-18/h6-8,10-11,14-16H,4-5,9,12-13H2,1-3H3,(H,22,24). The van der Waals surface area contributed by atoms with Gasteiger partial charge in [0, 0.05) is 30.9 Å². The van der Waals surface area contributed by atoms with Crippen molar-refractivity contribution in [3.05, 3.63) is 59.7 Å². The smallest absolute Gasteiger partial charge is 0.224 e. The fourth-order valence-electron chi connectivity index (χ4n) is 2.88. The Balaban J connectivity index is 1.87. The van der Waals surface area contributed by atoms with Gasteiger partial charge in [0.15, 0.2) is 0 Å². The van der Waals surface area contributed by atoms with Crippen LogP contribution < -0.4 is 10.2 Å². The molecular weight excluding hydrogens is 296 g/mol. The molecule has 1 amide bonds. The van der Waals surface area contributed by atoms with E-state index in [1.54, 1.807) is 0 Å². The lowest BCUT2D eigenvalue weighted by atomic mass is 10.1. The van der Waals surface area contributed by atoms with Crippen LogP contribution in [0.4, 0.5) is 11.4 Å². The Bertz CT molecular complexity index is 648. The maximum absolute atomic E-state index is 12.2. The summed E-state index contributed by atoms with van der Waals surface area (Å²) in [5.41, 5.74) is 4.51. The van der Waals surface area contributed by atoms with E-state index >= 15 is 0 Å². The minimum atomic E-state index is 0.0876. The van der Waals surface area contributed by atoms with Crippen LogP contribution in [-0.2, 0) is 11.2 Å². The van der Waals surface area contributed by atoms with Gasteiger partial charge < -0.3 is 10.2 Å². The van der Waals surface area contributed by atoms with E-state index in [0.29, 0.717) is 6.42 Å². The van der Waals surface area contributed by atoms with E-state index in [4.69, 9.17) is 0 Å². The molecule has 2 rings (SSSR count). The van der Waals surface area contributed by atoms with Crippen LogP contribution >= 0.6 is 0 Å². The Labute approximate surface area is 145 Å². The number of nitrogens with one attached hydrogen (secondary N) is 1. The highest BCUT2D eigenvalue weighted by Crippen LogP contribution is 2.23. The molecule has 0 heterocycles. The molecule has 3 heteroatoms. The van der Waals surface area contributed by atoms with Gasteiger partial charge in [-0.1, -0.05) is 30.3 Å². The number of hydrogen-bond donors (Lipinski definition) is 1. The van der Waals surface area contributed by atoms with Gasteiger partial charge in [-0.05, 0) is 62.9 Å². The first-order chi connectivity index (χ1) is 11.6. The summed E-state index contributed by atoms with van der Waals surface area (Å²) in [6, 6.07) is 16.5. The molecule has 2 aromatic carbocycles. The van der Waals surface area contributed by atoms with Crippen LogP contribution in [0.3, 0.4) is 0 Å². The first-order valence-corrected chi connectivity index (χ1v) is 8.83. The molecule has 2 aromatic rings. The molecule has 0 fully saturated rings. The van der Waals surface area contributed by atoms with Gasteiger partial charge in [0.25, 0.3) is 0 Å². The van der Waals surface area contributed by atoms with E-state index < -0.39 is 0 Å². The quantitative estimate of drug-likeness (QED) is 0.756. The fraction of sp³-hybridized carbons (Fsp3) is 0.381. The van der Waals surface area contributed by atoms with Crippen LogP contribution in [0.2, 0.25) is 0 Å². The van der Waals surface area contributed by atoms with Crippen molar-refractivity contribution in [3.63, 3.8) is 0 Å². The molecule has 0 unspecified atom stereocenters. The number of carbonyl (C=O) groups is 1. The van der Waals surface area contributed by atoms with Crippen molar-refractivity contribution < 1.29 is 4.79 Å². The Kier molecular flexibility index (Phi) is 6.86. The second-order valence-electron chi connectivity index (χ2n) is 6.06. The molecule has 0 aromatic heterocycles. The number of hydrogen-bond acceptors (Lipinski definition) is 2. The van der Waals surface area contributed by atoms with Gasteiger partial charge in [-0.3, -0.25) is 4.79 Å². The Hall–Kier alpha value is -2.29. The Morgan fingerprint density at radius 1 is 1.04 bits per heavy atom. The molecule has 0 aliphatic heterocycles. The zero-order chi connectivity index (χ0) is 17.4. The zero-order valence-corrected chi connectivity index (χ0v) is 15.0. The Morgan fingerprint density at radius 2 is 1.75 bits per heavy atom. The fourth-order valence-corrected chi connectivity index (χ4v) is 2.88. The summed E-state index contributed by atoms with van der Waals surface area (Å²) < 4.78 is 0. The summed E-state index contributed by atoms with van der Waals surface area (Å²) in [4.78, 5) is 14.5. The highest BCUT2D eigenvalue weighted by Gasteiger charge is 2.08. The monoisotopic (exact) mass is 324 g/mol. The van der Waals surface area contributed by atoms with E-state index in [1.807, 2.05) is 31.2 Å². The number of aryl methyl sites for hydroxylation is 2. The van der Waals surface area contributed by atoms with Crippen molar-refractivity contribution >= 4 is 17.3 Å². The summed E-state index contributed by atoms with van der Waals surface area (Å²) in [6.45, 7) is 8.33. The van der Waals surface area contributed by atoms with E-state index in [9.17, 15) is 4.79 Å². The average molecular weight is 324 g/mol. The Morgan fingerprint density at radius 3 is 2.38 bits per heavy atom. The van der Waals surface area contributed by atoms with Gasteiger partial charge in [-0.25, -0.2) is 0 Å². The van der Waals surface area contributed by atoms with Crippen LogP contribution in [0, 0.1) is 6.92 Å². The van der Waals surface area contributed by atoms with Crippen molar-refractivity contribution in [2.45, 2.75) is 40.0 Å². The second kappa shape index (κ2) is 9.11. The minimum absolute atomic E-state index is 0.0876. The minimum Gasteiger partial charge on any atom is -0.372 e. The highest BCUT2D eigenvalue weighted by molar-refractivity contribution is 5.91. The maximum Gasteiger partial charge on any atom is 0.224 e. The van der Waals surface area contributed by atoms with E-state index in [1.165, 1.54) is 11.3 Å². The molecule has 0 saturated carbocycles. The molecule has 1 N–H and O–H groups in total. The summed E-state index contributed by atoms with van der Waals surface area (Å²) >= 11 is 0. The normalized spacial score (nSPS) is 10.5. The van der Waals surface area contributed by atoms with Crippen LogP contribution in [0.25, 0.3) is 0 Å². The first kappa shape index (κ1) is 18.1. The van der Waals surface area contributed by atoms with Crippen molar-refractivity contribution in [2.75, 3.05) is 23.3 Å². The maximum atomic E-state index is 12.2. The lowest BCUT2D eigenvalue weighted by Gasteiger charge is -2.22. The molecule has 0 radical (unpaired) electrons. The zero-order valence-electron chi connectivity index (χ0n) is 15.0. The summed E-state index contributed by atoms with van der Waals surface area (Å²) in [7, 11) is 0. The number of nitrogens with zero attached hydrogens (tertiary/aromatic N) is 1. The average Bonchev–Trinajstić information content (AvgIpc) is 2.59. The molecule has 3 nitrogen and oxygen atoms in total. The summed E-state index contributed by atoms with van der Waals surface area (Å²) in [5, 5.41) is 3.04. The number of rotatable bonds is 8. The third-order valence-electron chi connectivity index (χ3n) is 4.32. The van der Waals surface area contributed by atoms with Crippen LogP contribution in [0.15, 0.2) is 48.5 Å². The van der Waals surface area contributed by atoms with Crippen molar-refractivity contribution in [3.8, 4) is 0 Å². The topological polar surface area (TPSA) is 32.3 Å². The van der Waals surface area contributed by atoms with Gasteiger partial charge in [0.05, 0.1) is 0 Å². The largest absolute Gasteiger partial charge is 0.372 e. The van der Waals surface area contributed by atoms with Gasteiger partial charge in [0.2, 0.25) is 5.91 Å². The molecule has 0 saturated heterocycles. The molecule has 0 spiro atoms. The predicted molar refractivity (Wildman–Crippen MR) is 103 cm³/mol. The second-order valence-corrected chi connectivity index (χ2v) is 6.06. The lowest BCUT2D eigenvalue weighted by molar-refractivity contribution is -0.116. The molecule has 128 valence electrons. The predicted octanol–water partition coefficient (Wildman–Crippen LogP) is 4.80. The van der Waals surface area contributed by atoms with E-state index in [-0.39, 0.29) is 5.91 Å². The third-order valence-corrected chi connectivity index (χ3v) is 4.32. The molecule has 0 bridgehead atoms. The van der Waals surface area contributed by atoms with Crippen molar-refractivity contribution in [1.29, 1.82) is 0 Å². The van der Waals surface area contributed by atoms with Gasteiger partial charge >= 0.3 is 0 Å². The van der Waals surface area contributed by atoms with Crippen molar-refractivity contribution in [1.82, 2.24) is 0 Å². The van der Waals surface area contributed by atoms with Crippen LogP contribution in [0.5, 0.6) is 0 Å². The van der Waals surface area contributed by atoms with Gasteiger partial charge in [-0.2, -0.15) is 0 Å². The molecule has 0 aliphatic carbocycles. The summed E-state index contributed by atoms with van der Waals surface area (Å²) in [5.74, 6) is 0.0876.